The molecule has 1 aliphatic heterocycles. The molecule has 0 radical (unpaired) electrons. The summed E-state index contributed by atoms with van der Waals surface area (Å²) in [5.41, 5.74) is 2.60. The fourth-order valence-electron chi connectivity index (χ4n) is 7.39. The lowest BCUT2D eigenvalue weighted by Crippen LogP contribution is -2.43. The normalized spacial score (nSPS) is 20.3. The molecule has 0 bridgehead atoms. The Bertz CT molecular complexity index is 1520. The van der Waals surface area contributed by atoms with E-state index in [1.54, 1.807) is 12.2 Å². The smallest absolute Gasteiger partial charge is 0.466 e. The number of esters is 2. The molecule has 1 aromatic heterocycles. The standard InChI is InChI=1S/C48H84NO13P/c1-8-10-19-25-39(50)30-31-45-41(42(51)34-48(54)62-45)26-20-17-18-23-29-47(53)60-40(36-59-63(55,56)58-33-32-49(5,6)7)35-57-46(52)28-22-16-14-12-11-13-15-21-27-44-38(4)37(3)43(61-44)24-9-2/h17,20,30-31,39-42,45,48,50-51,54H,8-16,18-19,21-29,32-36H2,1-7H3/p+1/b20-17-,31-30+/t39-,40+,41-,42-,45+,48?/m0/s1. The van der Waals surface area contributed by atoms with Gasteiger partial charge in [-0.25, -0.2) is 4.57 Å². The number of allylic oxidation sites excluding steroid dienone is 2. The Balaban J connectivity index is 1.77. The highest BCUT2D eigenvalue weighted by Crippen LogP contribution is 2.43. The van der Waals surface area contributed by atoms with Crippen LogP contribution < -0.4 is 0 Å². The Labute approximate surface area is 378 Å². The lowest BCUT2D eigenvalue weighted by atomic mass is 9.87. The number of furan rings is 1. The largest absolute Gasteiger partial charge is 0.472 e. The van der Waals surface area contributed by atoms with Gasteiger partial charge in [-0.05, 0) is 69.9 Å². The number of phosphoric ester groups is 1. The van der Waals surface area contributed by atoms with Crippen LogP contribution in [-0.4, -0.2) is 115 Å². The van der Waals surface area contributed by atoms with Crippen LogP contribution in [-0.2, 0) is 50.3 Å². The predicted octanol–water partition coefficient (Wildman–Crippen LogP) is 8.90. The maximum atomic E-state index is 12.9. The van der Waals surface area contributed by atoms with E-state index < -0.39 is 57.1 Å². The van der Waals surface area contributed by atoms with Gasteiger partial charge in [0.2, 0.25) is 0 Å². The number of carbonyl (C=O) groups is 2. The van der Waals surface area contributed by atoms with Crippen LogP contribution in [0.3, 0.4) is 0 Å². The van der Waals surface area contributed by atoms with Crippen molar-refractivity contribution in [2.45, 2.75) is 193 Å². The second-order valence-corrected chi connectivity index (χ2v) is 19.7. The lowest BCUT2D eigenvalue weighted by Gasteiger charge is -2.36. The van der Waals surface area contributed by atoms with Gasteiger partial charge < -0.3 is 43.3 Å². The SMILES string of the molecule is CCCCC[C@H](O)/C=C/[C@H]1OC(O)C[C@H](O)[C@@H]1C/C=C\CCCC(=O)O[C@H](COC(=O)CCCCCCCCCCc1oc(CCC)c(C)c1C)COP(=O)(O)OCC[N+](C)(C)C. The van der Waals surface area contributed by atoms with E-state index in [1.807, 2.05) is 33.3 Å². The van der Waals surface area contributed by atoms with Gasteiger partial charge in [-0.15, -0.1) is 0 Å². The summed E-state index contributed by atoms with van der Waals surface area (Å²) in [5.74, 6) is 0.930. The van der Waals surface area contributed by atoms with Gasteiger partial charge in [0.1, 0.15) is 31.3 Å². The molecule has 364 valence electrons. The molecule has 2 rings (SSSR count). The summed E-state index contributed by atoms with van der Waals surface area (Å²) in [6.45, 7) is 8.20. The minimum atomic E-state index is -4.47. The van der Waals surface area contributed by atoms with E-state index >= 15 is 0 Å². The number of carbonyl (C=O) groups excluding carboxylic acids is 2. The molecule has 1 fully saturated rings. The van der Waals surface area contributed by atoms with Crippen LogP contribution in [0.1, 0.15) is 158 Å². The first-order valence-electron chi connectivity index (χ1n) is 23.8. The highest BCUT2D eigenvalue weighted by atomic mass is 31.2. The molecule has 4 N–H and O–H groups in total. The molecule has 14 nitrogen and oxygen atoms in total. The molecule has 1 aliphatic rings. The van der Waals surface area contributed by atoms with Crippen molar-refractivity contribution in [3.63, 3.8) is 0 Å². The molecule has 2 unspecified atom stereocenters. The van der Waals surface area contributed by atoms with Crippen molar-refractivity contribution in [2.75, 3.05) is 47.5 Å². The number of hydrogen-bond acceptors (Lipinski definition) is 12. The first kappa shape index (κ1) is 56.7. The van der Waals surface area contributed by atoms with Crippen molar-refractivity contribution >= 4 is 19.8 Å². The molecule has 0 aliphatic carbocycles. The Hall–Kier alpha value is -2.39. The molecule has 0 spiro atoms. The summed E-state index contributed by atoms with van der Waals surface area (Å²) in [4.78, 5) is 35.8. The molecule has 1 aromatic rings. The van der Waals surface area contributed by atoms with Crippen molar-refractivity contribution < 1.29 is 66.5 Å². The number of aryl methyl sites for hydroxylation is 2. The van der Waals surface area contributed by atoms with Crippen LogP contribution in [0.5, 0.6) is 0 Å². The van der Waals surface area contributed by atoms with E-state index in [-0.39, 0.29) is 38.4 Å². The Kier molecular flexibility index (Phi) is 28.4. The van der Waals surface area contributed by atoms with Gasteiger partial charge in [0, 0.05) is 38.0 Å². The fourth-order valence-corrected chi connectivity index (χ4v) is 8.14. The van der Waals surface area contributed by atoms with Crippen molar-refractivity contribution in [1.82, 2.24) is 0 Å². The number of ether oxygens (including phenoxy) is 3. The average Bonchev–Trinajstić information content (AvgIpc) is 3.47. The summed E-state index contributed by atoms with van der Waals surface area (Å²) in [6, 6.07) is 0. The molecule has 15 heteroatoms. The van der Waals surface area contributed by atoms with Crippen LogP contribution >= 0.6 is 7.82 Å². The third kappa shape index (κ3) is 25.8. The first-order chi connectivity index (χ1) is 29.9. The van der Waals surface area contributed by atoms with Crippen LogP contribution in [0.2, 0.25) is 0 Å². The molecular formula is C48H85NO13P+. The number of hydrogen-bond donors (Lipinski definition) is 4. The summed E-state index contributed by atoms with van der Waals surface area (Å²) >= 11 is 0. The minimum Gasteiger partial charge on any atom is -0.466 e. The van der Waals surface area contributed by atoms with E-state index in [1.165, 1.54) is 17.5 Å². The van der Waals surface area contributed by atoms with Crippen LogP contribution in [0.25, 0.3) is 0 Å². The van der Waals surface area contributed by atoms with Gasteiger partial charge in [0.05, 0.1) is 46.1 Å². The monoisotopic (exact) mass is 915 g/mol. The predicted molar refractivity (Wildman–Crippen MR) is 245 cm³/mol. The van der Waals surface area contributed by atoms with Gasteiger partial charge in [-0.3, -0.25) is 18.6 Å². The number of aliphatic hydroxyl groups is 3. The molecular weight excluding hydrogens is 829 g/mol. The topological polar surface area (TPSA) is 191 Å². The van der Waals surface area contributed by atoms with E-state index in [2.05, 4.69) is 27.7 Å². The summed E-state index contributed by atoms with van der Waals surface area (Å²) in [6.07, 6.45) is 19.8. The number of likely N-dealkylation sites (N-methyl/N-ethyl adjacent to an activating group) is 1. The van der Waals surface area contributed by atoms with Gasteiger partial charge in [-0.1, -0.05) is 95.9 Å². The first-order valence-corrected chi connectivity index (χ1v) is 25.3. The quantitative estimate of drug-likeness (QED) is 0.0166. The average molecular weight is 915 g/mol. The van der Waals surface area contributed by atoms with Gasteiger partial charge >= 0.3 is 19.8 Å². The molecule has 2 heterocycles. The second-order valence-electron chi connectivity index (χ2n) is 18.3. The van der Waals surface area contributed by atoms with Crippen LogP contribution in [0, 0.1) is 19.8 Å². The number of phosphoric acid groups is 1. The third-order valence-corrected chi connectivity index (χ3v) is 12.4. The fraction of sp³-hybridized carbons (Fsp3) is 0.792. The Morgan fingerprint density at radius 1 is 0.825 bits per heavy atom. The second kappa shape index (κ2) is 31.5. The molecule has 1 saturated heterocycles. The number of rotatable bonds is 35. The Morgan fingerprint density at radius 3 is 2.14 bits per heavy atom. The van der Waals surface area contributed by atoms with Crippen molar-refractivity contribution in [2.24, 2.45) is 5.92 Å². The zero-order valence-corrected chi connectivity index (χ0v) is 40.7. The van der Waals surface area contributed by atoms with E-state index in [4.69, 9.17) is 27.7 Å². The van der Waals surface area contributed by atoms with Crippen LogP contribution in [0.15, 0.2) is 28.7 Å². The summed E-state index contributed by atoms with van der Waals surface area (Å²) < 4.78 is 46.2. The molecule has 63 heavy (non-hydrogen) atoms. The van der Waals surface area contributed by atoms with Gasteiger partial charge in [0.25, 0.3) is 0 Å². The summed E-state index contributed by atoms with van der Waals surface area (Å²) in [7, 11) is 1.29. The van der Waals surface area contributed by atoms with Gasteiger partial charge in [-0.2, -0.15) is 0 Å². The number of nitrogens with zero attached hydrogens (tertiary/aromatic N) is 1. The molecule has 7 atom stereocenters. The molecule has 0 aromatic carbocycles. The number of aliphatic hydroxyl groups excluding tert-OH is 3. The highest BCUT2D eigenvalue weighted by molar-refractivity contribution is 7.47. The highest BCUT2D eigenvalue weighted by Gasteiger charge is 2.35. The lowest BCUT2D eigenvalue weighted by molar-refractivity contribution is -0.870. The Morgan fingerprint density at radius 2 is 1.48 bits per heavy atom. The van der Waals surface area contributed by atoms with Crippen LogP contribution in [0.4, 0.5) is 0 Å². The zero-order valence-electron chi connectivity index (χ0n) is 39.8. The van der Waals surface area contributed by atoms with Crippen molar-refractivity contribution in [3.8, 4) is 0 Å². The number of unbranched alkanes of at least 4 members (excludes halogenated alkanes) is 10. The van der Waals surface area contributed by atoms with E-state index in [0.29, 0.717) is 43.1 Å². The molecule has 0 saturated carbocycles. The maximum absolute atomic E-state index is 12.9. The summed E-state index contributed by atoms with van der Waals surface area (Å²) in [5, 5.41) is 31.1. The molecule has 0 amide bonds. The van der Waals surface area contributed by atoms with Gasteiger partial charge in [0.15, 0.2) is 12.4 Å². The maximum Gasteiger partial charge on any atom is 0.472 e. The van der Waals surface area contributed by atoms with Crippen molar-refractivity contribution in [1.29, 1.82) is 0 Å². The third-order valence-electron chi connectivity index (χ3n) is 11.5. The van der Waals surface area contributed by atoms with E-state index in [9.17, 15) is 34.4 Å². The number of quaternary nitrogens is 1. The zero-order chi connectivity index (χ0) is 46.7. The van der Waals surface area contributed by atoms with Crippen molar-refractivity contribution in [3.05, 3.63) is 47.0 Å². The van der Waals surface area contributed by atoms with E-state index in [0.717, 1.165) is 88.6 Å². The minimum absolute atomic E-state index is 0.0241.